The minimum Gasteiger partial charge on any atom is -0.508 e. The number of hydrogen-bond acceptors (Lipinski definition) is 7. The van der Waals surface area contributed by atoms with E-state index in [0.717, 1.165) is 18.2 Å². The molecule has 1 fully saturated rings. The molecule has 1 N–H and O–H groups in total. The fourth-order valence-electron chi connectivity index (χ4n) is 3.93. The summed E-state index contributed by atoms with van der Waals surface area (Å²) in [5.41, 5.74) is 1.74. The number of aromatic hydroxyl groups is 1. The molecule has 0 spiro atoms. The van der Waals surface area contributed by atoms with Crippen molar-refractivity contribution in [1.29, 1.82) is 0 Å². The molecule has 0 amide bonds. The van der Waals surface area contributed by atoms with E-state index in [4.69, 9.17) is 4.18 Å². The van der Waals surface area contributed by atoms with Gasteiger partial charge in [0.1, 0.15) is 21.3 Å². The third-order valence-corrected chi connectivity index (χ3v) is 8.95. The Bertz CT molecular complexity index is 1350. The normalized spacial score (nSPS) is 15.8. The molecular weight excluding hydrogens is 476 g/mol. The number of piperazine rings is 1. The predicted octanol–water partition coefficient (Wildman–Crippen LogP) is 2.97. The molecule has 0 atom stereocenters. The number of nitrogens with zero attached hydrogens (tertiary/aromatic N) is 2. The maximum Gasteiger partial charge on any atom is 0.340 e. The van der Waals surface area contributed by atoms with Crippen molar-refractivity contribution in [2.75, 3.05) is 26.2 Å². The number of rotatable bonds is 7. The molecule has 0 saturated carbocycles. The van der Waals surface area contributed by atoms with Gasteiger partial charge in [0.2, 0.25) is 10.0 Å². The van der Waals surface area contributed by atoms with Gasteiger partial charge in [0.25, 0.3) is 0 Å². The minimum absolute atomic E-state index is 0.0979. The zero-order valence-corrected chi connectivity index (χ0v) is 20.3. The molecule has 1 aliphatic heterocycles. The number of hydrogen-bond donors (Lipinski definition) is 1. The van der Waals surface area contributed by atoms with Crippen LogP contribution in [0.1, 0.15) is 11.1 Å². The van der Waals surface area contributed by atoms with E-state index in [1.54, 1.807) is 6.92 Å². The lowest BCUT2D eigenvalue weighted by atomic mass is 10.2. The van der Waals surface area contributed by atoms with E-state index >= 15 is 0 Å². The molecule has 1 saturated heterocycles. The van der Waals surface area contributed by atoms with Gasteiger partial charge in [0.15, 0.2) is 0 Å². The third kappa shape index (κ3) is 5.41. The highest BCUT2D eigenvalue weighted by atomic mass is 32.2. The lowest BCUT2D eigenvalue weighted by Crippen LogP contribution is -2.48. The van der Waals surface area contributed by atoms with Crippen molar-refractivity contribution in [3.05, 3.63) is 83.9 Å². The lowest BCUT2D eigenvalue weighted by Gasteiger charge is -2.34. The Morgan fingerprint density at radius 1 is 0.824 bits per heavy atom. The van der Waals surface area contributed by atoms with Crippen LogP contribution in [0.3, 0.4) is 0 Å². The van der Waals surface area contributed by atoms with E-state index in [9.17, 15) is 21.9 Å². The first-order valence-corrected chi connectivity index (χ1v) is 13.6. The molecule has 10 heteroatoms. The Balaban J connectivity index is 1.54. The average molecular weight is 503 g/mol. The van der Waals surface area contributed by atoms with Gasteiger partial charge in [-0.1, -0.05) is 42.5 Å². The van der Waals surface area contributed by atoms with E-state index < -0.39 is 25.0 Å². The largest absolute Gasteiger partial charge is 0.508 e. The highest BCUT2D eigenvalue weighted by Gasteiger charge is 2.34. The zero-order valence-electron chi connectivity index (χ0n) is 18.7. The number of sulfonamides is 1. The standard InChI is InChI=1S/C24H26N2O6S2/c1-19-15-21(27)17-22(16-19)32-34(30,31)24-10-6-5-9-23(24)33(28,29)26-13-11-25(12-14-26)18-20-7-3-2-4-8-20/h2-10,15-17,27H,11-14,18H2,1H3. The number of aryl methyl sites for hydroxylation is 1. The second kappa shape index (κ2) is 9.75. The summed E-state index contributed by atoms with van der Waals surface area (Å²) in [6, 6.07) is 19.4. The molecule has 0 radical (unpaired) electrons. The van der Waals surface area contributed by atoms with Gasteiger partial charge in [-0.15, -0.1) is 0 Å². The van der Waals surface area contributed by atoms with Gasteiger partial charge in [-0.25, -0.2) is 8.42 Å². The molecule has 0 aromatic heterocycles. The number of phenols is 1. The molecule has 0 unspecified atom stereocenters. The van der Waals surface area contributed by atoms with E-state index in [-0.39, 0.29) is 29.5 Å². The summed E-state index contributed by atoms with van der Waals surface area (Å²) in [5.74, 6) is -0.251. The van der Waals surface area contributed by atoms with Gasteiger partial charge in [0.05, 0.1) is 0 Å². The van der Waals surface area contributed by atoms with E-state index in [2.05, 4.69) is 4.90 Å². The first-order valence-electron chi connectivity index (χ1n) is 10.8. The monoisotopic (exact) mass is 502 g/mol. The molecule has 1 heterocycles. The molecule has 180 valence electrons. The molecule has 34 heavy (non-hydrogen) atoms. The third-order valence-electron chi connectivity index (χ3n) is 5.56. The van der Waals surface area contributed by atoms with Crippen molar-refractivity contribution < 1.29 is 26.1 Å². The summed E-state index contributed by atoms with van der Waals surface area (Å²) < 4.78 is 59.4. The summed E-state index contributed by atoms with van der Waals surface area (Å²) in [6.45, 7) is 3.95. The molecule has 8 nitrogen and oxygen atoms in total. The Kier molecular flexibility index (Phi) is 6.94. The number of benzene rings is 3. The van der Waals surface area contributed by atoms with Gasteiger partial charge < -0.3 is 9.29 Å². The Labute approximate surface area is 200 Å². The molecule has 0 bridgehead atoms. The van der Waals surface area contributed by atoms with Crippen molar-refractivity contribution in [2.24, 2.45) is 0 Å². The van der Waals surface area contributed by atoms with E-state index in [1.807, 2.05) is 30.3 Å². The van der Waals surface area contributed by atoms with Crippen LogP contribution in [0.2, 0.25) is 0 Å². The van der Waals surface area contributed by atoms with Crippen LogP contribution in [-0.4, -0.2) is 57.3 Å². The molecule has 1 aliphatic rings. The van der Waals surface area contributed by atoms with Crippen LogP contribution in [0.5, 0.6) is 11.5 Å². The molecule has 3 aromatic rings. The summed E-state index contributed by atoms with van der Waals surface area (Å²) in [7, 11) is -8.56. The Hall–Kier alpha value is -2.92. The van der Waals surface area contributed by atoms with Gasteiger partial charge in [-0.3, -0.25) is 4.90 Å². The van der Waals surface area contributed by atoms with Crippen molar-refractivity contribution in [3.8, 4) is 11.5 Å². The van der Waals surface area contributed by atoms with Crippen LogP contribution in [0.15, 0.2) is 82.6 Å². The second-order valence-electron chi connectivity index (χ2n) is 8.15. The van der Waals surface area contributed by atoms with Crippen LogP contribution < -0.4 is 4.18 Å². The minimum atomic E-state index is -4.48. The van der Waals surface area contributed by atoms with Crippen LogP contribution in [-0.2, 0) is 26.7 Å². The summed E-state index contributed by atoms with van der Waals surface area (Å²) >= 11 is 0. The quantitative estimate of drug-likeness (QED) is 0.495. The summed E-state index contributed by atoms with van der Waals surface area (Å²) in [4.78, 5) is 1.39. The molecular formula is C24H26N2O6S2. The van der Waals surface area contributed by atoms with Gasteiger partial charge in [-0.2, -0.15) is 12.7 Å². The Morgan fingerprint density at radius 3 is 2.09 bits per heavy atom. The highest BCUT2D eigenvalue weighted by molar-refractivity contribution is 7.91. The van der Waals surface area contributed by atoms with Crippen LogP contribution >= 0.6 is 0 Å². The lowest BCUT2D eigenvalue weighted by molar-refractivity contribution is 0.181. The highest BCUT2D eigenvalue weighted by Crippen LogP contribution is 2.29. The first kappa shape index (κ1) is 24.2. The summed E-state index contributed by atoms with van der Waals surface area (Å²) in [5, 5.41) is 9.75. The van der Waals surface area contributed by atoms with Gasteiger partial charge >= 0.3 is 10.1 Å². The second-order valence-corrected chi connectivity index (χ2v) is 11.6. The SMILES string of the molecule is Cc1cc(O)cc(OS(=O)(=O)c2ccccc2S(=O)(=O)N2CCN(Cc3ccccc3)CC2)c1. The van der Waals surface area contributed by atoms with Crippen molar-refractivity contribution in [3.63, 3.8) is 0 Å². The van der Waals surface area contributed by atoms with E-state index in [0.29, 0.717) is 18.7 Å². The van der Waals surface area contributed by atoms with Gasteiger partial charge in [-0.05, 0) is 42.3 Å². The van der Waals surface area contributed by atoms with Crippen LogP contribution in [0.4, 0.5) is 0 Å². The first-order chi connectivity index (χ1) is 16.1. The molecule has 0 aliphatic carbocycles. The topological polar surface area (TPSA) is 104 Å². The smallest absolute Gasteiger partial charge is 0.340 e. The van der Waals surface area contributed by atoms with Crippen molar-refractivity contribution >= 4 is 20.1 Å². The van der Waals surface area contributed by atoms with Crippen molar-refractivity contribution in [2.45, 2.75) is 23.3 Å². The van der Waals surface area contributed by atoms with Crippen LogP contribution in [0.25, 0.3) is 0 Å². The maximum atomic E-state index is 13.4. The van der Waals surface area contributed by atoms with E-state index in [1.165, 1.54) is 40.7 Å². The Morgan fingerprint density at radius 2 is 1.44 bits per heavy atom. The summed E-state index contributed by atoms with van der Waals surface area (Å²) in [6.07, 6.45) is 0. The van der Waals surface area contributed by atoms with Crippen molar-refractivity contribution in [1.82, 2.24) is 9.21 Å². The fourth-order valence-corrected chi connectivity index (χ4v) is 7.04. The van der Waals surface area contributed by atoms with Gasteiger partial charge in [0, 0.05) is 38.8 Å². The maximum absolute atomic E-state index is 13.4. The zero-order chi connectivity index (χ0) is 24.3. The number of phenolic OH excluding ortho intramolecular Hbond substituents is 1. The molecule has 3 aromatic carbocycles. The predicted molar refractivity (Wildman–Crippen MR) is 128 cm³/mol. The average Bonchev–Trinajstić information content (AvgIpc) is 2.79. The fraction of sp³-hybridized carbons (Fsp3) is 0.250. The van der Waals surface area contributed by atoms with Crippen LogP contribution in [0, 0.1) is 6.92 Å². The molecule has 4 rings (SSSR count).